The Morgan fingerprint density at radius 1 is 1.04 bits per heavy atom. The fraction of sp³-hybridized carbons (Fsp3) is 0.250. The van der Waals surface area contributed by atoms with Crippen molar-refractivity contribution in [1.82, 2.24) is 24.8 Å². The molecule has 0 unspecified atom stereocenters. The van der Waals surface area contributed by atoms with Crippen molar-refractivity contribution in [3.8, 4) is 0 Å². The van der Waals surface area contributed by atoms with Crippen molar-refractivity contribution in [1.29, 1.82) is 0 Å². The molecule has 7 heteroatoms. The number of carbonyl (C=O) groups excluding carboxylic acids is 1. The van der Waals surface area contributed by atoms with E-state index in [0.717, 1.165) is 30.9 Å². The number of rotatable bonds is 4. The summed E-state index contributed by atoms with van der Waals surface area (Å²) < 4.78 is 0. The second-order valence-corrected chi connectivity index (χ2v) is 6.47. The van der Waals surface area contributed by atoms with Crippen LogP contribution in [-0.2, 0) is 0 Å². The van der Waals surface area contributed by atoms with E-state index in [2.05, 4.69) is 20.3 Å². The van der Waals surface area contributed by atoms with Crippen molar-refractivity contribution < 1.29 is 4.79 Å². The Kier molecular flexibility index (Phi) is 5.00. The van der Waals surface area contributed by atoms with E-state index < -0.39 is 0 Å². The number of nitrogens with one attached hydrogen (secondary N) is 1. The second kappa shape index (κ2) is 7.90. The first-order valence-electron chi connectivity index (χ1n) is 9.00. The van der Waals surface area contributed by atoms with Crippen molar-refractivity contribution in [3.05, 3.63) is 72.6 Å². The van der Waals surface area contributed by atoms with E-state index in [-0.39, 0.29) is 11.8 Å². The van der Waals surface area contributed by atoms with E-state index in [1.165, 1.54) is 0 Å². The molecule has 0 bridgehead atoms. The largest absolute Gasteiger partial charge is 0.337 e. The van der Waals surface area contributed by atoms with Crippen LogP contribution in [0.4, 0.5) is 11.6 Å². The van der Waals surface area contributed by atoms with Gasteiger partial charge in [0.1, 0.15) is 17.3 Å². The maximum absolute atomic E-state index is 12.7. The summed E-state index contributed by atoms with van der Waals surface area (Å²) >= 11 is 0. The van der Waals surface area contributed by atoms with Crippen LogP contribution in [0, 0.1) is 0 Å². The fourth-order valence-corrected chi connectivity index (χ4v) is 3.30. The molecule has 1 atom stereocenters. The van der Waals surface area contributed by atoms with Crippen LogP contribution in [0.15, 0.2) is 61.2 Å². The number of carbonyl (C=O) groups is 1. The highest BCUT2D eigenvalue weighted by atomic mass is 16.2. The molecule has 0 aliphatic carbocycles. The number of nitrogens with zero attached hydrogens (tertiary/aromatic N) is 5. The molecule has 1 fully saturated rings. The minimum absolute atomic E-state index is 0.0193. The van der Waals surface area contributed by atoms with Gasteiger partial charge in [-0.3, -0.25) is 14.8 Å². The van der Waals surface area contributed by atoms with E-state index in [0.29, 0.717) is 18.1 Å². The quantitative estimate of drug-likeness (QED) is 0.770. The summed E-state index contributed by atoms with van der Waals surface area (Å²) in [5.74, 6) is 1.56. The normalized spacial score (nSPS) is 16.7. The third-order valence-electron chi connectivity index (χ3n) is 4.60. The molecule has 1 aliphatic heterocycles. The van der Waals surface area contributed by atoms with Crippen LogP contribution in [-0.4, -0.2) is 43.8 Å². The molecule has 0 radical (unpaired) electrons. The summed E-state index contributed by atoms with van der Waals surface area (Å²) in [5, 5.41) is 3.17. The highest BCUT2D eigenvalue weighted by Gasteiger charge is 2.26. The van der Waals surface area contributed by atoms with Crippen LogP contribution in [0.1, 0.15) is 34.9 Å². The molecule has 1 aliphatic rings. The van der Waals surface area contributed by atoms with Crippen molar-refractivity contribution in [3.63, 3.8) is 0 Å². The van der Waals surface area contributed by atoms with E-state index in [4.69, 9.17) is 4.98 Å². The summed E-state index contributed by atoms with van der Waals surface area (Å²) in [6.45, 7) is 1.40. The van der Waals surface area contributed by atoms with Crippen molar-refractivity contribution in [2.45, 2.75) is 18.8 Å². The zero-order chi connectivity index (χ0) is 18.5. The van der Waals surface area contributed by atoms with Gasteiger partial charge in [0.25, 0.3) is 5.91 Å². The molecule has 1 amide bonds. The summed E-state index contributed by atoms with van der Waals surface area (Å²) in [4.78, 5) is 31.7. The molecule has 1 N–H and O–H groups in total. The lowest BCUT2D eigenvalue weighted by Crippen LogP contribution is -2.39. The second-order valence-electron chi connectivity index (χ2n) is 6.47. The number of anilines is 2. The van der Waals surface area contributed by atoms with Gasteiger partial charge in [0.15, 0.2) is 0 Å². The zero-order valence-electron chi connectivity index (χ0n) is 14.8. The molecule has 3 aromatic heterocycles. The number of aromatic nitrogens is 4. The van der Waals surface area contributed by atoms with Crippen molar-refractivity contribution in [2.24, 2.45) is 0 Å². The predicted molar refractivity (Wildman–Crippen MR) is 102 cm³/mol. The molecule has 1 saturated heterocycles. The van der Waals surface area contributed by atoms with E-state index in [9.17, 15) is 4.79 Å². The summed E-state index contributed by atoms with van der Waals surface area (Å²) in [7, 11) is 0. The molecule has 4 heterocycles. The SMILES string of the molecule is O=C(c1ccccn1)N1CCC[C@H](c2cccc(Nc3cnccn3)n2)C1. The zero-order valence-corrected chi connectivity index (χ0v) is 14.8. The number of hydrogen-bond acceptors (Lipinski definition) is 6. The minimum Gasteiger partial charge on any atom is -0.337 e. The molecule has 0 spiro atoms. The van der Waals surface area contributed by atoms with Gasteiger partial charge in [0, 0.05) is 43.3 Å². The predicted octanol–water partition coefficient (Wildman–Crippen LogP) is 3.03. The molecule has 7 nitrogen and oxygen atoms in total. The van der Waals surface area contributed by atoms with Crippen LogP contribution in [0.3, 0.4) is 0 Å². The van der Waals surface area contributed by atoms with Gasteiger partial charge in [-0.1, -0.05) is 12.1 Å². The number of pyridine rings is 2. The van der Waals surface area contributed by atoms with Gasteiger partial charge in [0.05, 0.1) is 6.20 Å². The van der Waals surface area contributed by atoms with Gasteiger partial charge in [-0.25, -0.2) is 9.97 Å². The van der Waals surface area contributed by atoms with Crippen LogP contribution in [0.25, 0.3) is 0 Å². The molecule has 0 aromatic carbocycles. The maximum atomic E-state index is 12.7. The fourth-order valence-electron chi connectivity index (χ4n) is 3.30. The Labute approximate surface area is 157 Å². The van der Waals surface area contributed by atoms with E-state index >= 15 is 0 Å². The monoisotopic (exact) mass is 360 g/mol. The molecule has 3 aromatic rings. The van der Waals surface area contributed by atoms with Crippen LogP contribution < -0.4 is 5.32 Å². The Morgan fingerprint density at radius 3 is 2.81 bits per heavy atom. The first-order chi connectivity index (χ1) is 13.3. The molecular formula is C20H20N6O. The van der Waals surface area contributed by atoms with Gasteiger partial charge in [-0.05, 0) is 37.1 Å². The molecule has 136 valence electrons. The lowest BCUT2D eigenvalue weighted by molar-refractivity contribution is 0.0700. The summed E-state index contributed by atoms with van der Waals surface area (Å²) in [6, 6.07) is 11.3. The standard InChI is InChI=1S/C20H20N6O/c27-20(17-6-1-2-9-22-17)26-12-4-5-15(14-26)16-7-3-8-18(24-16)25-19-13-21-10-11-23-19/h1-3,6-11,13,15H,4-5,12,14H2,(H,23,24,25)/t15-/m0/s1. The Bertz CT molecular complexity index is 903. The minimum atomic E-state index is -0.0193. The Balaban J connectivity index is 1.48. The molecule has 27 heavy (non-hydrogen) atoms. The van der Waals surface area contributed by atoms with Gasteiger partial charge in [0.2, 0.25) is 0 Å². The van der Waals surface area contributed by atoms with Crippen molar-refractivity contribution >= 4 is 17.5 Å². The third-order valence-corrected chi connectivity index (χ3v) is 4.60. The average Bonchev–Trinajstić information content (AvgIpc) is 2.75. The topological polar surface area (TPSA) is 83.9 Å². The lowest BCUT2D eigenvalue weighted by atomic mass is 9.94. The smallest absolute Gasteiger partial charge is 0.272 e. The van der Waals surface area contributed by atoms with Crippen LogP contribution in [0.5, 0.6) is 0 Å². The summed E-state index contributed by atoms with van der Waals surface area (Å²) in [5.41, 5.74) is 1.46. The number of hydrogen-bond donors (Lipinski definition) is 1. The van der Waals surface area contributed by atoms with E-state index in [1.54, 1.807) is 30.9 Å². The third kappa shape index (κ3) is 4.08. The highest BCUT2D eigenvalue weighted by Crippen LogP contribution is 2.27. The molecule has 0 saturated carbocycles. The van der Waals surface area contributed by atoms with Crippen LogP contribution >= 0.6 is 0 Å². The van der Waals surface area contributed by atoms with Gasteiger partial charge in [-0.15, -0.1) is 0 Å². The average molecular weight is 360 g/mol. The lowest BCUT2D eigenvalue weighted by Gasteiger charge is -2.32. The highest BCUT2D eigenvalue weighted by molar-refractivity contribution is 5.92. The van der Waals surface area contributed by atoms with E-state index in [1.807, 2.05) is 35.2 Å². The number of piperidine rings is 1. The summed E-state index contributed by atoms with van der Waals surface area (Å²) in [6.07, 6.45) is 8.53. The molecular weight excluding hydrogens is 340 g/mol. The number of likely N-dealkylation sites (tertiary alicyclic amines) is 1. The Morgan fingerprint density at radius 2 is 2.00 bits per heavy atom. The van der Waals surface area contributed by atoms with Gasteiger partial charge < -0.3 is 10.2 Å². The first-order valence-corrected chi connectivity index (χ1v) is 9.00. The Hall–Kier alpha value is -3.35. The van der Waals surface area contributed by atoms with Gasteiger partial charge in [-0.2, -0.15) is 0 Å². The molecule has 4 rings (SSSR count). The first kappa shape index (κ1) is 17.1. The van der Waals surface area contributed by atoms with Gasteiger partial charge >= 0.3 is 0 Å². The number of amides is 1. The van der Waals surface area contributed by atoms with Crippen LogP contribution in [0.2, 0.25) is 0 Å². The maximum Gasteiger partial charge on any atom is 0.272 e. The van der Waals surface area contributed by atoms with Crippen molar-refractivity contribution in [2.75, 3.05) is 18.4 Å².